The molecule has 148 valence electrons. The highest BCUT2D eigenvalue weighted by atomic mass is 16.5. The van der Waals surface area contributed by atoms with Gasteiger partial charge >= 0.3 is 0 Å². The van der Waals surface area contributed by atoms with E-state index in [0.717, 1.165) is 42.9 Å². The minimum absolute atomic E-state index is 0.0426. The normalized spacial score (nSPS) is 14.2. The number of nitrogens with zero attached hydrogens (tertiary/aromatic N) is 3. The van der Waals surface area contributed by atoms with Crippen LogP contribution in [-0.4, -0.2) is 33.5 Å². The number of pyridine rings is 1. The van der Waals surface area contributed by atoms with E-state index in [9.17, 15) is 4.79 Å². The average Bonchev–Trinajstić information content (AvgIpc) is 3.33. The summed E-state index contributed by atoms with van der Waals surface area (Å²) in [5.74, 6) is 2.18. The largest absolute Gasteiger partial charge is 0.466 e. The maximum atomic E-state index is 13.6. The van der Waals surface area contributed by atoms with Crippen LogP contribution in [0.25, 0.3) is 22.4 Å². The molecule has 6 nitrogen and oxygen atoms in total. The Kier molecular flexibility index (Phi) is 4.73. The van der Waals surface area contributed by atoms with Gasteiger partial charge in [-0.3, -0.25) is 4.79 Å². The molecule has 0 bridgehead atoms. The molecule has 0 aromatic carbocycles. The van der Waals surface area contributed by atoms with Gasteiger partial charge in [0.2, 0.25) is 0 Å². The van der Waals surface area contributed by atoms with Gasteiger partial charge in [-0.25, -0.2) is 4.98 Å². The Hall–Kier alpha value is -2.63. The molecule has 3 heterocycles. The fourth-order valence-electron chi connectivity index (χ4n) is 3.67. The molecule has 6 heteroatoms. The summed E-state index contributed by atoms with van der Waals surface area (Å²) >= 11 is 0. The molecule has 0 aliphatic heterocycles. The number of rotatable bonds is 6. The van der Waals surface area contributed by atoms with Crippen LogP contribution in [0.1, 0.15) is 60.7 Å². The van der Waals surface area contributed by atoms with Crippen molar-refractivity contribution in [2.75, 3.05) is 6.54 Å². The van der Waals surface area contributed by atoms with E-state index in [4.69, 9.17) is 8.94 Å². The Morgan fingerprint density at radius 2 is 2.00 bits per heavy atom. The Morgan fingerprint density at radius 3 is 2.61 bits per heavy atom. The third kappa shape index (κ3) is 3.43. The van der Waals surface area contributed by atoms with E-state index in [-0.39, 0.29) is 5.91 Å². The predicted molar refractivity (Wildman–Crippen MR) is 107 cm³/mol. The van der Waals surface area contributed by atoms with E-state index in [1.165, 1.54) is 0 Å². The van der Waals surface area contributed by atoms with E-state index in [2.05, 4.69) is 24.0 Å². The van der Waals surface area contributed by atoms with Crippen LogP contribution in [0.4, 0.5) is 0 Å². The topological polar surface area (TPSA) is 72.4 Å². The fraction of sp³-hybridized carbons (Fsp3) is 0.500. The summed E-state index contributed by atoms with van der Waals surface area (Å²) in [6.45, 7) is 10.8. The third-order valence-corrected chi connectivity index (χ3v) is 5.36. The first-order valence-corrected chi connectivity index (χ1v) is 10.0. The summed E-state index contributed by atoms with van der Waals surface area (Å²) in [7, 11) is 0. The van der Waals surface area contributed by atoms with Gasteiger partial charge in [-0.2, -0.15) is 0 Å². The molecule has 0 atom stereocenters. The first-order chi connectivity index (χ1) is 13.3. The summed E-state index contributed by atoms with van der Waals surface area (Å²) in [6, 6.07) is 4.16. The summed E-state index contributed by atoms with van der Waals surface area (Å²) in [5.41, 5.74) is 3.27. The Labute approximate surface area is 164 Å². The summed E-state index contributed by atoms with van der Waals surface area (Å²) in [6.07, 6.45) is 3.15. The van der Waals surface area contributed by atoms with Gasteiger partial charge in [0.1, 0.15) is 11.5 Å². The van der Waals surface area contributed by atoms with Crippen molar-refractivity contribution in [3.63, 3.8) is 0 Å². The molecule has 1 aliphatic carbocycles. The van der Waals surface area contributed by atoms with Gasteiger partial charge in [0, 0.05) is 18.2 Å². The van der Waals surface area contributed by atoms with E-state index in [1.807, 2.05) is 37.8 Å². The van der Waals surface area contributed by atoms with Gasteiger partial charge in [0.25, 0.3) is 11.6 Å². The molecule has 0 spiro atoms. The van der Waals surface area contributed by atoms with Crippen molar-refractivity contribution < 1.29 is 13.7 Å². The van der Waals surface area contributed by atoms with Gasteiger partial charge in [0.05, 0.1) is 22.3 Å². The van der Waals surface area contributed by atoms with Crippen LogP contribution >= 0.6 is 0 Å². The first-order valence-electron chi connectivity index (χ1n) is 10.0. The number of fused-ring (bicyclic) bond motifs is 1. The molecule has 0 N–H and O–H groups in total. The molecular weight excluding hydrogens is 354 g/mol. The van der Waals surface area contributed by atoms with Crippen LogP contribution in [0, 0.1) is 26.7 Å². The van der Waals surface area contributed by atoms with Gasteiger partial charge in [-0.15, -0.1) is 0 Å². The Balaban J connectivity index is 1.81. The zero-order valence-electron chi connectivity index (χ0n) is 17.2. The van der Waals surface area contributed by atoms with Crippen molar-refractivity contribution in [2.45, 2.75) is 59.9 Å². The lowest BCUT2D eigenvalue weighted by Gasteiger charge is -2.24. The van der Waals surface area contributed by atoms with Crippen LogP contribution in [0.15, 0.2) is 21.1 Å². The second-order valence-corrected chi connectivity index (χ2v) is 8.24. The van der Waals surface area contributed by atoms with Crippen LogP contribution in [-0.2, 0) is 0 Å². The predicted octanol–water partition coefficient (Wildman–Crippen LogP) is 5.06. The second kappa shape index (κ2) is 7.08. The average molecular weight is 381 g/mol. The molecule has 0 radical (unpaired) electrons. The lowest BCUT2D eigenvalue weighted by molar-refractivity contribution is 0.0737. The number of aryl methyl sites for hydroxylation is 3. The summed E-state index contributed by atoms with van der Waals surface area (Å²) in [4.78, 5) is 20.2. The fourth-order valence-corrected chi connectivity index (χ4v) is 3.67. The quantitative estimate of drug-likeness (QED) is 0.597. The molecule has 28 heavy (non-hydrogen) atoms. The number of furan rings is 1. The second-order valence-electron chi connectivity index (χ2n) is 8.24. The van der Waals surface area contributed by atoms with Crippen molar-refractivity contribution in [3.05, 3.63) is 34.9 Å². The smallest absolute Gasteiger partial charge is 0.259 e. The number of hydrogen-bond acceptors (Lipinski definition) is 5. The molecule has 3 aromatic rings. The maximum absolute atomic E-state index is 13.6. The van der Waals surface area contributed by atoms with Crippen molar-refractivity contribution in [2.24, 2.45) is 5.92 Å². The zero-order chi connectivity index (χ0) is 20.0. The molecule has 3 aromatic heterocycles. The number of amides is 1. The van der Waals surface area contributed by atoms with Gasteiger partial charge < -0.3 is 13.8 Å². The van der Waals surface area contributed by atoms with E-state index >= 15 is 0 Å². The van der Waals surface area contributed by atoms with Crippen molar-refractivity contribution in [1.29, 1.82) is 0 Å². The van der Waals surface area contributed by atoms with E-state index < -0.39 is 0 Å². The standard InChI is InChI=1S/C22H27N3O3/c1-12(2)8-9-25(16-6-7-16)22(26)18-11-19(17-10-13(3)27-15(17)5)23-21-20(18)14(4)24-28-21/h10-12,16H,6-9H2,1-5H3. The third-order valence-electron chi connectivity index (χ3n) is 5.36. The highest BCUT2D eigenvalue weighted by Crippen LogP contribution is 2.34. The first kappa shape index (κ1) is 18.7. The van der Waals surface area contributed by atoms with Gasteiger partial charge in [-0.05, 0) is 58.1 Å². The number of carbonyl (C=O) groups is 1. The maximum Gasteiger partial charge on any atom is 0.259 e. The monoisotopic (exact) mass is 381 g/mol. The van der Waals surface area contributed by atoms with E-state index in [0.29, 0.717) is 40.0 Å². The highest BCUT2D eigenvalue weighted by Gasteiger charge is 2.34. The van der Waals surface area contributed by atoms with Crippen LogP contribution < -0.4 is 0 Å². The van der Waals surface area contributed by atoms with Crippen molar-refractivity contribution in [1.82, 2.24) is 15.0 Å². The summed E-state index contributed by atoms with van der Waals surface area (Å²) in [5, 5.41) is 4.77. The molecular formula is C22H27N3O3. The number of hydrogen-bond donors (Lipinski definition) is 0. The zero-order valence-corrected chi connectivity index (χ0v) is 17.2. The molecule has 1 aliphatic rings. The minimum Gasteiger partial charge on any atom is -0.466 e. The molecule has 1 amide bonds. The molecule has 4 rings (SSSR count). The minimum atomic E-state index is 0.0426. The van der Waals surface area contributed by atoms with Crippen LogP contribution in [0.3, 0.4) is 0 Å². The SMILES string of the molecule is Cc1cc(-c2cc(C(=O)N(CCC(C)C)C3CC3)c3c(C)noc3n2)c(C)o1. The van der Waals surface area contributed by atoms with Crippen LogP contribution in [0.2, 0.25) is 0 Å². The van der Waals surface area contributed by atoms with Gasteiger partial charge in [-0.1, -0.05) is 19.0 Å². The lowest BCUT2D eigenvalue weighted by Crippen LogP contribution is -2.34. The van der Waals surface area contributed by atoms with Crippen molar-refractivity contribution >= 4 is 17.0 Å². The van der Waals surface area contributed by atoms with Crippen molar-refractivity contribution in [3.8, 4) is 11.3 Å². The number of carbonyl (C=O) groups excluding carboxylic acids is 1. The van der Waals surface area contributed by atoms with Crippen LogP contribution in [0.5, 0.6) is 0 Å². The Morgan fingerprint density at radius 1 is 1.25 bits per heavy atom. The van der Waals surface area contributed by atoms with Gasteiger partial charge in [0.15, 0.2) is 0 Å². The molecule has 1 fully saturated rings. The molecule has 0 saturated heterocycles. The molecule has 1 saturated carbocycles. The number of aromatic nitrogens is 2. The van der Waals surface area contributed by atoms with E-state index in [1.54, 1.807) is 0 Å². The summed E-state index contributed by atoms with van der Waals surface area (Å²) < 4.78 is 11.1. The lowest BCUT2D eigenvalue weighted by atomic mass is 10.0. The highest BCUT2D eigenvalue weighted by molar-refractivity contribution is 6.07. The Bertz CT molecular complexity index is 1030. The molecule has 0 unspecified atom stereocenters.